The second kappa shape index (κ2) is 10.4. The minimum Gasteiger partial charge on any atom is -0.479 e. The summed E-state index contributed by atoms with van der Waals surface area (Å²) in [6.45, 7) is 0.623. The van der Waals surface area contributed by atoms with Crippen LogP contribution in [0.15, 0.2) is 103 Å². The highest BCUT2D eigenvalue weighted by Gasteiger charge is 2.20. The Morgan fingerprint density at radius 3 is 1.97 bits per heavy atom. The molecule has 0 aliphatic carbocycles. The molecule has 0 saturated heterocycles. The summed E-state index contributed by atoms with van der Waals surface area (Å²) in [7, 11) is 0. The molecule has 0 fully saturated rings. The zero-order chi connectivity index (χ0) is 22.2. The Kier molecular flexibility index (Phi) is 6.98. The van der Waals surface area contributed by atoms with Crippen LogP contribution in [0.1, 0.15) is 35.4 Å². The quantitative estimate of drug-likeness (QED) is 0.370. The predicted octanol–water partition coefficient (Wildman–Crippen LogP) is 5.38. The third-order valence-corrected chi connectivity index (χ3v) is 5.40. The van der Waals surface area contributed by atoms with Crippen molar-refractivity contribution in [3.8, 4) is 5.75 Å². The average Bonchev–Trinajstić information content (AvgIpc) is 3.29. The van der Waals surface area contributed by atoms with Crippen molar-refractivity contribution in [2.24, 2.45) is 0 Å². The van der Waals surface area contributed by atoms with Crippen molar-refractivity contribution in [1.82, 2.24) is 9.78 Å². The Labute approximate surface area is 187 Å². The van der Waals surface area contributed by atoms with E-state index in [9.17, 15) is 9.90 Å². The number of carboxylic acid groups (broad SMARTS) is 1. The Hall–Kier alpha value is -3.86. The van der Waals surface area contributed by atoms with Crippen LogP contribution in [0.25, 0.3) is 0 Å². The van der Waals surface area contributed by atoms with Gasteiger partial charge in [-0.25, -0.2) is 4.79 Å². The van der Waals surface area contributed by atoms with Crippen molar-refractivity contribution >= 4 is 5.97 Å². The summed E-state index contributed by atoms with van der Waals surface area (Å²) in [5.74, 6) is -0.294. The van der Waals surface area contributed by atoms with Gasteiger partial charge in [0.15, 0.2) is 6.10 Å². The Morgan fingerprint density at radius 1 is 0.844 bits per heavy atom. The van der Waals surface area contributed by atoms with Gasteiger partial charge in [0.1, 0.15) is 5.75 Å². The van der Waals surface area contributed by atoms with Crippen LogP contribution in [-0.4, -0.2) is 27.0 Å². The van der Waals surface area contributed by atoms with Gasteiger partial charge in [0.25, 0.3) is 0 Å². The monoisotopic (exact) mass is 426 g/mol. The zero-order valence-electron chi connectivity index (χ0n) is 17.7. The van der Waals surface area contributed by atoms with Gasteiger partial charge in [-0.15, -0.1) is 0 Å². The number of hydrogen-bond donors (Lipinski definition) is 1. The summed E-state index contributed by atoms with van der Waals surface area (Å²) in [6.07, 6.45) is 4.12. The zero-order valence-corrected chi connectivity index (χ0v) is 17.7. The van der Waals surface area contributed by atoms with Crippen LogP contribution in [0.5, 0.6) is 5.75 Å². The molecule has 5 heteroatoms. The van der Waals surface area contributed by atoms with Gasteiger partial charge in [0.05, 0.1) is 6.20 Å². The second-order valence-corrected chi connectivity index (χ2v) is 7.69. The largest absolute Gasteiger partial charge is 0.479 e. The number of para-hydroxylation sites is 1. The van der Waals surface area contributed by atoms with Gasteiger partial charge >= 0.3 is 5.97 Å². The molecule has 1 unspecified atom stereocenters. The molecular formula is C27H26N2O3. The van der Waals surface area contributed by atoms with E-state index < -0.39 is 12.1 Å². The molecule has 0 spiro atoms. The first-order valence-electron chi connectivity index (χ1n) is 10.8. The van der Waals surface area contributed by atoms with Crippen LogP contribution in [0.3, 0.4) is 0 Å². The molecule has 1 aromatic heterocycles. The van der Waals surface area contributed by atoms with Gasteiger partial charge in [-0.3, -0.25) is 4.68 Å². The lowest BCUT2D eigenvalue weighted by Gasteiger charge is -2.16. The maximum atomic E-state index is 11.6. The van der Waals surface area contributed by atoms with Gasteiger partial charge in [0, 0.05) is 24.2 Å². The van der Waals surface area contributed by atoms with Gasteiger partial charge in [-0.05, 0) is 36.1 Å². The van der Waals surface area contributed by atoms with Crippen molar-refractivity contribution in [1.29, 1.82) is 0 Å². The van der Waals surface area contributed by atoms with E-state index in [-0.39, 0.29) is 5.92 Å². The van der Waals surface area contributed by atoms with E-state index in [0.717, 1.165) is 5.56 Å². The van der Waals surface area contributed by atoms with Gasteiger partial charge in [0.2, 0.25) is 0 Å². The van der Waals surface area contributed by atoms with Crippen molar-refractivity contribution < 1.29 is 14.6 Å². The van der Waals surface area contributed by atoms with Gasteiger partial charge < -0.3 is 9.84 Å². The number of rotatable bonds is 10. The number of carboxylic acids is 1. The molecule has 0 saturated carbocycles. The van der Waals surface area contributed by atoms with E-state index in [1.165, 1.54) is 11.1 Å². The van der Waals surface area contributed by atoms with E-state index in [1.807, 2.05) is 41.2 Å². The van der Waals surface area contributed by atoms with Crippen molar-refractivity contribution in [3.63, 3.8) is 0 Å². The summed E-state index contributed by atoms with van der Waals surface area (Å²) in [6, 6.07) is 29.8. The minimum atomic E-state index is -0.955. The summed E-state index contributed by atoms with van der Waals surface area (Å²) < 4.78 is 7.53. The molecule has 0 aliphatic rings. The lowest BCUT2D eigenvalue weighted by atomic mass is 9.87. The standard InChI is InChI=1S/C27H26N2O3/c30-27(31)25(32-24-15-8-3-9-16-24)17-10-18-29-20-23(19-28-29)26(21-11-4-1-5-12-21)22-13-6-2-7-14-22/h1-9,11-16,19-20,25-26H,10,17-18H2,(H,30,31). The minimum absolute atomic E-state index is 0.0966. The SMILES string of the molecule is O=C(O)C(CCCn1cc(C(c2ccccc2)c2ccccc2)cn1)Oc1ccccc1. The Balaban J connectivity index is 1.43. The number of nitrogens with zero attached hydrogens (tertiary/aromatic N) is 2. The Morgan fingerprint density at radius 2 is 1.41 bits per heavy atom. The average molecular weight is 427 g/mol. The molecule has 4 rings (SSSR count). The first-order chi connectivity index (χ1) is 15.7. The molecule has 0 aliphatic heterocycles. The molecule has 1 heterocycles. The topological polar surface area (TPSA) is 64.3 Å². The number of carbonyl (C=O) groups is 1. The first kappa shape index (κ1) is 21.4. The van der Waals surface area contributed by atoms with Crippen LogP contribution in [-0.2, 0) is 11.3 Å². The van der Waals surface area contributed by atoms with Crippen molar-refractivity contribution in [2.75, 3.05) is 0 Å². The van der Waals surface area contributed by atoms with E-state index >= 15 is 0 Å². The summed E-state index contributed by atoms with van der Waals surface area (Å²) in [5, 5.41) is 14.1. The normalized spacial score (nSPS) is 11.9. The highest BCUT2D eigenvalue weighted by atomic mass is 16.5. The molecule has 1 atom stereocenters. The van der Waals surface area contributed by atoms with Crippen LogP contribution in [0.4, 0.5) is 0 Å². The highest BCUT2D eigenvalue weighted by molar-refractivity contribution is 5.72. The van der Waals surface area contributed by atoms with Crippen molar-refractivity contribution in [2.45, 2.75) is 31.4 Å². The second-order valence-electron chi connectivity index (χ2n) is 7.69. The molecule has 32 heavy (non-hydrogen) atoms. The molecule has 0 bridgehead atoms. The van der Waals surface area contributed by atoms with Gasteiger partial charge in [-0.2, -0.15) is 5.10 Å². The first-order valence-corrected chi connectivity index (χ1v) is 10.8. The lowest BCUT2D eigenvalue weighted by Crippen LogP contribution is -2.27. The van der Waals surface area contributed by atoms with Crippen molar-refractivity contribution in [3.05, 3.63) is 120 Å². The molecule has 0 amide bonds. The fourth-order valence-electron chi connectivity index (χ4n) is 3.85. The molecular weight excluding hydrogens is 400 g/mol. The maximum Gasteiger partial charge on any atom is 0.344 e. The Bertz CT molecular complexity index is 1070. The maximum absolute atomic E-state index is 11.6. The number of hydrogen-bond acceptors (Lipinski definition) is 3. The van der Waals surface area contributed by atoms with E-state index in [4.69, 9.17) is 4.74 Å². The number of aryl methyl sites for hydroxylation is 1. The number of aromatic nitrogens is 2. The summed E-state index contributed by atoms with van der Waals surface area (Å²) in [5.41, 5.74) is 3.53. The summed E-state index contributed by atoms with van der Waals surface area (Å²) >= 11 is 0. The predicted molar refractivity (Wildman–Crippen MR) is 124 cm³/mol. The van der Waals surface area contributed by atoms with E-state index in [0.29, 0.717) is 25.1 Å². The highest BCUT2D eigenvalue weighted by Crippen LogP contribution is 2.31. The number of benzene rings is 3. The third kappa shape index (κ3) is 5.43. The molecule has 1 N–H and O–H groups in total. The molecule has 3 aromatic carbocycles. The van der Waals surface area contributed by atoms with Crippen LogP contribution in [0.2, 0.25) is 0 Å². The smallest absolute Gasteiger partial charge is 0.344 e. The summed E-state index contributed by atoms with van der Waals surface area (Å²) in [4.78, 5) is 11.6. The molecule has 4 aromatic rings. The number of aliphatic carboxylic acids is 1. The van der Waals surface area contributed by atoms with Crippen LogP contribution in [0, 0.1) is 0 Å². The lowest BCUT2D eigenvalue weighted by molar-refractivity contribution is -0.145. The van der Waals surface area contributed by atoms with Gasteiger partial charge in [-0.1, -0.05) is 78.9 Å². The fourth-order valence-corrected chi connectivity index (χ4v) is 3.85. The molecule has 5 nitrogen and oxygen atoms in total. The van der Waals surface area contributed by atoms with E-state index in [2.05, 4.69) is 59.8 Å². The van der Waals surface area contributed by atoms with Crippen LogP contribution < -0.4 is 4.74 Å². The molecule has 162 valence electrons. The fraction of sp³-hybridized carbons (Fsp3) is 0.185. The third-order valence-electron chi connectivity index (χ3n) is 5.40. The number of ether oxygens (including phenoxy) is 1. The van der Waals surface area contributed by atoms with E-state index in [1.54, 1.807) is 12.1 Å². The van der Waals surface area contributed by atoms with Crippen LogP contribution >= 0.6 is 0 Å². The molecule has 0 radical (unpaired) electrons.